The Morgan fingerprint density at radius 1 is 0.955 bits per heavy atom. The van der Waals surface area contributed by atoms with Gasteiger partial charge in [-0.25, -0.2) is 0 Å². The summed E-state index contributed by atoms with van der Waals surface area (Å²) in [6.07, 6.45) is 6.61. The summed E-state index contributed by atoms with van der Waals surface area (Å²) in [6.45, 7) is 4.21. The maximum Gasteiger partial charge on any atom is 0.123 e. The highest BCUT2D eigenvalue weighted by molar-refractivity contribution is 5.87. The first kappa shape index (κ1) is 18.8. The molecule has 2 aromatic carbocycles. The van der Waals surface area contributed by atoms with Gasteiger partial charge >= 0.3 is 0 Å². The van der Waals surface area contributed by atoms with Gasteiger partial charge in [-0.05, 0) is 29.8 Å². The van der Waals surface area contributed by atoms with Gasteiger partial charge in [-0.3, -0.25) is 0 Å². The van der Waals surface area contributed by atoms with Gasteiger partial charge in [0, 0.05) is 12.1 Å². The standard InChI is InChI=1S/C19H27NO.ClH/c1-3-4-5-6-9-14-20-15-18-17-11-8-7-10-16(17)12-13-19(18)21-2;/h7-8,10-13,20H,3-6,9,14-15H2,1-2H3;1H. The smallest absolute Gasteiger partial charge is 0.123 e. The topological polar surface area (TPSA) is 21.3 Å². The third-order valence-corrected chi connectivity index (χ3v) is 3.98. The molecule has 0 amide bonds. The highest BCUT2D eigenvalue weighted by Gasteiger charge is 2.07. The first-order chi connectivity index (χ1) is 10.4. The van der Waals surface area contributed by atoms with Gasteiger partial charge in [-0.1, -0.05) is 62.9 Å². The fourth-order valence-corrected chi connectivity index (χ4v) is 2.76. The summed E-state index contributed by atoms with van der Waals surface area (Å²) in [5.74, 6) is 0.979. The average Bonchev–Trinajstić information content (AvgIpc) is 2.54. The van der Waals surface area contributed by atoms with Crippen LogP contribution in [-0.2, 0) is 6.54 Å². The van der Waals surface area contributed by atoms with Gasteiger partial charge in [0.1, 0.15) is 5.75 Å². The molecule has 22 heavy (non-hydrogen) atoms. The number of hydrogen-bond acceptors (Lipinski definition) is 2. The van der Waals surface area contributed by atoms with Gasteiger partial charge in [0.25, 0.3) is 0 Å². The van der Waals surface area contributed by atoms with Crippen LogP contribution < -0.4 is 10.1 Å². The Hall–Kier alpha value is -1.25. The molecule has 0 fully saturated rings. The minimum atomic E-state index is 0. The highest BCUT2D eigenvalue weighted by Crippen LogP contribution is 2.27. The molecule has 2 aromatic rings. The molecule has 0 heterocycles. The highest BCUT2D eigenvalue weighted by atomic mass is 35.5. The number of halogens is 1. The summed E-state index contributed by atoms with van der Waals surface area (Å²) in [5, 5.41) is 6.13. The van der Waals surface area contributed by atoms with Crippen molar-refractivity contribution >= 4 is 23.2 Å². The first-order valence-electron chi connectivity index (χ1n) is 8.12. The molecule has 0 aliphatic carbocycles. The summed E-state index contributed by atoms with van der Waals surface area (Å²) in [4.78, 5) is 0. The SMILES string of the molecule is CCCCCCCNCc1c(OC)ccc2ccccc12.Cl. The molecule has 1 N–H and O–H groups in total. The number of benzene rings is 2. The van der Waals surface area contributed by atoms with Crippen LogP contribution in [0.5, 0.6) is 5.75 Å². The second kappa shape index (κ2) is 10.5. The maximum absolute atomic E-state index is 5.52. The molecule has 0 unspecified atom stereocenters. The molecule has 2 rings (SSSR count). The second-order valence-corrected chi connectivity index (χ2v) is 5.56. The Morgan fingerprint density at radius 2 is 1.73 bits per heavy atom. The van der Waals surface area contributed by atoms with Crippen LogP contribution in [0.2, 0.25) is 0 Å². The van der Waals surface area contributed by atoms with E-state index in [4.69, 9.17) is 4.74 Å². The summed E-state index contributed by atoms with van der Waals surface area (Å²) in [7, 11) is 1.75. The van der Waals surface area contributed by atoms with Gasteiger partial charge in [-0.2, -0.15) is 0 Å². The van der Waals surface area contributed by atoms with E-state index >= 15 is 0 Å². The van der Waals surface area contributed by atoms with Crippen LogP contribution in [0.1, 0.15) is 44.6 Å². The van der Waals surface area contributed by atoms with Crippen molar-refractivity contribution in [1.29, 1.82) is 0 Å². The minimum absolute atomic E-state index is 0. The molecule has 0 aromatic heterocycles. The van der Waals surface area contributed by atoms with Crippen molar-refractivity contribution in [2.45, 2.75) is 45.6 Å². The average molecular weight is 322 g/mol. The zero-order valence-corrected chi connectivity index (χ0v) is 14.5. The maximum atomic E-state index is 5.52. The van der Waals surface area contributed by atoms with Gasteiger partial charge in [0.05, 0.1) is 7.11 Å². The van der Waals surface area contributed by atoms with E-state index in [0.29, 0.717) is 0 Å². The van der Waals surface area contributed by atoms with E-state index in [9.17, 15) is 0 Å². The molecule has 0 aliphatic rings. The molecule has 0 saturated heterocycles. The minimum Gasteiger partial charge on any atom is -0.496 e. The van der Waals surface area contributed by atoms with E-state index in [1.165, 1.54) is 48.4 Å². The predicted molar refractivity (Wildman–Crippen MR) is 98.2 cm³/mol. The Balaban J connectivity index is 0.00000242. The van der Waals surface area contributed by atoms with E-state index in [-0.39, 0.29) is 12.4 Å². The molecule has 0 spiro atoms. The zero-order chi connectivity index (χ0) is 14.9. The van der Waals surface area contributed by atoms with Gasteiger partial charge in [0.2, 0.25) is 0 Å². The Kier molecular flexibility index (Phi) is 8.95. The van der Waals surface area contributed by atoms with E-state index < -0.39 is 0 Å². The lowest BCUT2D eigenvalue weighted by Crippen LogP contribution is -2.15. The molecule has 0 atom stereocenters. The Morgan fingerprint density at radius 3 is 2.50 bits per heavy atom. The number of nitrogens with one attached hydrogen (secondary N) is 1. The number of rotatable bonds is 9. The Labute approximate surface area is 140 Å². The van der Waals surface area contributed by atoms with Crippen molar-refractivity contribution in [1.82, 2.24) is 5.32 Å². The number of hydrogen-bond donors (Lipinski definition) is 1. The van der Waals surface area contributed by atoms with Crippen LogP contribution in [-0.4, -0.2) is 13.7 Å². The summed E-state index contributed by atoms with van der Waals surface area (Å²) in [6, 6.07) is 12.7. The largest absolute Gasteiger partial charge is 0.496 e. The van der Waals surface area contributed by atoms with Gasteiger partial charge in [-0.15, -0.1) is 12.4 Å². The fraction of sp³-hybridized carbons (Fsp3) is 0.474. The van der Waals surface area contributed by atoms with Crippen LogP contribution in [0, 0.1) is 0 Å². The van der Waals surface area contributed by atoms with Crippen LogP contribution in [0.3, 0.4) is 0 Å². The predicted octanol–water partition coefficient (Wildman–Crippen LogP) is 5.33. The van der Waals surface area contributed by atoms with E-state index in [1.54, 1.807) is 7.11 Å². The second-order valence-electron chi connectivity index (χ2n) is 5.56. The molecule has 0 saturated carbocycles. The quantitative estimate of drug-likeness (QED) is 0.630. The first-order valence-corrected chi connectivity index (χ1v) is 8.12. The number of ether oxygens (including phenoxy) is 1. The summed E-state index contributed by atoms with van der Waals surface area (Å²) in [5.41, 5.74) is 1.27. The molecule has 0 radical (unpaired) electrons. The number of unbranched alkanes of at least 4 members (excludes halogenated alkanes) is 4. The van der Waals surface area contributed by atoms with E-state index in [1.807, 2.05) is 0 Å². The molecule has 0 bridgehead atoms. The van der Waals surface area contributed by atoms with Crippen molar-refractivity contribution in [2.24, 2.45) is 0 Å². The van der Waals surface area contributed by atoms with Crippen LogP contribution >= 0.6 is 12.4 Å². The lowest BCUT2D eigenvalue weighted by molar-refractivity contribution is 0.408. The Bertz CT molecular complexity index is 556. The van der Waals surface area contributed by atoms with Crippen LogP contribution in [0.25, 0.3) is 10.8 Å². The third kappa shape index (κ3) is 5.19. The molecular formula is C19H28ClNO. The number of fused-ring (bicyclic) bond motifs is 1. The fourth-order valence-electron chi connectivity index (χ4n) is 2.76. The number of methoxy groups -OCH3 is 1. The van der Waals surface area contributed by atoms with E-state index in [2.05, 4.69) is 48.6 Å². The van der Waals surface area contributed by atoms with E-state index in [0.717, 1.165) is 18.8 Å². The molecule has 3 heteroatoms. The van der Waals surface area contributed by atoms with Crippen LogP contribution in [0.15, 0.2) is 36.4 Å². The van der Waals surface area contributed by atoms with Crippen LogP contribution in [0.4, 0.5) is 0 Å². The lowest BCUT2D eigenvalue weighted by Gasteiger charge is -2.13. The van der Waals surface area contributed by atoms with Crippen molar-refractivity contribution in [3.8, 4) is 5.75 Å². The monoisotopic (exact) mass is 321 g/mol. The lowest BCUT2D eigenvalue weighted by atomic mass is 10.0. The van der Waals surface area contributed by atoms with Crippen molar-refractivity contribution in [2.75, 3.05) is 13.7 Å². The molecule has 0 aliphatic heterocycles. The van der Waals surface area contributed by atoms with Gasteiger partial charge in [0.15, 0.2) is 0 Å². The summed E-state index contributed by atoms with van der Waals surface area (Å²) < 4.78 is 5.52. The normalized spacial score (nSPS) is 10.5. The third-order valence-electron chi connectivity index (χ3n) is 3.98. The molecular weight excluding hydrogens is 294 g/mol. The van der Waals surface area contributed by atoms with Crippen molar-refractivity contribution < 1.29 is 4.74 Å². The zero-order valence-electron chi connectivity index (χ0n) is 13.7. The van der Waals surface area contributed by atoms with Crippen molar-refractivity contribution in [3.63, 3.8) is 0 Å². The van der Waals surface area contributed by atoms with Crippen molar-refractivity contribution in [3.05, 3.63) is 42.0 Å². The van der Waals surface area contributed by atoms with Gasteiger partial charge < -0.3 is 10.1 Å². The summed E-state index contributed by atoms with van der Waals surface area (Å²) >= 11 is 0. The molecule has 122 valence electrons. The molecule has 2 nitrogen and oxygen atoms in total.